The predicted octanol–water partition coefficient (Wildman–Crippen LogP) is 2.25. The van der Waals surface area contributed by atoms with Crippen molar-refractivity contribution in [1.82, 2.24) is 0 Å². The molecule has 0 aliphatic carbocycles. The molecular weight excluding hydrogens is 267 g/mol. The minimum atomic E-state index is -3.34. The van der Waals surface area contributed by atoms with Gasteiger partial charge in [0.2, 0.25) is 0 Å². The fourth-order valence-corrected chi connectivity index (χ4v) is 1.29. The van der Waals surface area contributed by atoms with Crippen LogP contribution in [0.3, 0.4) is 0 Å². The van der Waals surface area contributed by atoms with E-state index in [1.807, 2.05) is 0 Å². The summed E-state index contributed by atoms with van der Waals surface area (Å²) in [5, 5.41) is 0. The van der Waals surface area contributed by atoms with E-state index in [-0.39, 0.29) is 5.75 Å². The number of carbonyl (C=O) groups excluding carboxylic acids is 2. The molecule has 0 aliphatic rings. The van der Waals surface area contributed by atoms with Crippen molar-refractivity contribution >= 4 is 11.9 Å². The van der Waals surface area contributed by atoms with E-state index in [0.29, 0.717) is 0 Å². The van der Waals surface area contributed by atoms with Crippen LogP contribution in [-0.2, 0) is 19.1 Å². The summed E-state index contributed by atoms with van der Waals surface area (Å²) in [6.07, 6.45) is 0. The van der Waals surface area contributed by atoms with Crippen LogP contribution in [0.1, 0.15) is 20.8 Å². The fraction of sp³-hybridized carbons (Fsp3) is 0.429. The second kappa shape index (κ2) is 5.90. The number of halogens is 1. The molecule has 1 aromatic rings. The van der Waals surface area contributed by atoms with Gasteiger partial charge in [-0.25, -0.2) is 9.59 Å². The van der Waals surface area contributed by atoms with Crippen LogP contribution >= 0.6 is 0 Å². The SMILES string of the molecule is COC(=O)[C@](F)(Oc1ccccc1)C(=O)OC(C)(C)C. The maximum absolute atomic E-state index is 14.6. The normalized spacial score (nSPS) is 14.1. The predicted molar refractivity (Wildman–Crippen MR) is 68.8 cm³/mol. The molecule has 0 unspecified atom stereocenters. The van der Waals surface area contributed by atoms with Crippen molar-refractivity contribution in [3.05, 3.63) is 30.3 Å². The lowest BCUT2D eigenvalue weighted by Gasteiger charge is -2.26. The lowest BCUT2D eigenvalue weighted by atomic mass is 10.2. The minimum Gasteiger partial charge on any atom is -0.463 e. The van der Waals surface area contributed by atoms with E-state index < -0.39 is 23.4 Å². The van der Waals surface area contributed by atoms with Gasteiger partial charge in [0.05, 0.1) is 7.11 Å². The first-order valence-electron chi connectivity index (χ1n) is 5.94. The highest BCUT2D eigenvalue weighted by Crippen LogP contribution is 2.24. The van der Waals surface area contributed by atoms with Gasteiger partial charge in [-0.3, -0.25) is 0 Å². The molecule has 0 N–H and O–H groups in total. The number of carbonyl (C=O) groups is 2. The van der Waals surface area contributed by atoms with E-state index in [9.17, 15) is 14.0 Å². The van der Waals surface area contributed by atoms with E-state index in [4.69, 9.17) is 9.47 Å². The number of hydrogen-bond donors (Lipinski definition) is 0. The highest BCUT2D eigenvalue weighted by atomic mass is 19.2. The molecule has 110 valence electrons. The smallest absolute Gasteiger partial charge is 0.444 e. The van der Waals surface area contributed by atoms with Crippen molar-refractivity contribution in [3.8, 4) is 5.75 Å². The number of alkyl halides is 1. The quantitative estimate of drug-likeness (QED) is 0.627. The van der Waals surface area contributed by atoms with Crippen molar-refractivity contribution < 1.29 is 28.2 Å². The fourth-order valence-electron chi connectivity index (χ4n) is 1.29. The first-order chi connectivity index (χ1) is 9.19. The number of esters is 2. The van der Waals surface area contributed by atoms with Crippen LogP contribution in [0.25, 0.3) is 0 Å². The van der Waals surface area contributed by atoms with Crippen molar-refractivity contribution in [2.45, 2.75) is 32.2 Å². The highest BCUT2D eigenvalue weighted by molar-refractivity contribution is 6.02. The Morgan fingerprint density at radius 1 is 1.05 bits per heavy atom. The number of methoxy groups -OCH3 is 1. The third-order valence-electron chi connectivity index (χ3n) is 2.11. The summed E-state index contributed by atoms with van der Waals surface area (Å²) in [4.78, 5) is 23.4. The van der Waals surface area contributed by atoms with Gasteiger partial charge < -0.3 is 14.2 Å². The lowest BCUT2D eigenvalue weighted by Crippen LogP contribution is -2.51. The Morgan fingerprint density at radius 3 is 2.05 bits per heavy atom. The van der Waals surface area contributed by atoms with Gasteiger partial charge in [-0.1, -0.05) is 18.2 Å². The molecule has 0 aromatic heterocycles. The van der Waals surface area contributed by atoms with Crippen LogP contribution in [0.4, 0.5) is 4.39 Å². The molecule has 1 aromatic carbocycles. The van der Waals surface area contributed by atoms with E-state index in [1.54, 1.807) is 39.0 Å². The molecular formula is C14H17FO5. The molecule has 0 fully saturated rings. The number of ether oxygens (including phenoxy) is 3. The van der Waals surface area contributed by atoms with Gasteiger partial charge in [-0.05, 0) is 32.9 Å². The summed E-state index contributed by atoms with van der Waals surface area (Å²) < 4.78 is 28.6. The van der Waals surface area contributed by atoms with Gasteiger partial charge >= 0.3 is 17.8 Å². The second-order valence-corrected chi connectivity index (χ2v) is 5.00. The number of rotatable bonds is 4. The summed E-state index contributed by atoms with van der Waals surface area (Å²) in [5.74, 6) is -6.27. The Bertz CT molecular complexity index is 480. The Kier molecular flexibility index (Phi) is 4.70. The topological polar surface area (TPSA) is 61.8 Å². The van der Waals surface area contributed by atoms with Gasteiger partial charge in [0.15, 0.2) is 0 Å². The third-order valence-corrected chi connectivity index (χ3v) is 2.11. The molecule has 0 saturated heterocycles. The summed E-state index contributed by atoms with van der Waals surface area (Å²) in [7, 11) is 0.954. The highest BCUT2D eigenvalue weighted by Gasteiger charge is 2.54. The molecule has 0 spiro atoms. The van der Waals surface area contributed by atoms with Gasteiger partial charge in [0.1, 0.15) is 11.4 Å². The molecule has 5 nitrogen and oxygen atoms in total. The van der Waals surface area contributed by atoms with E-state index in [2.05, 4.69) is 4.74 Å². The van der Waals surface area contributed by atoms with Crippen LogP contribution in [0.15, 0.2) is 30.3 Å². The third kappa shape index (κ3) is 3.94. The van der Waals surface area contributed by atoms with Crippen molar-refractivity contribution in [1.29, 1.82) is 0 Å². The Labute approximate surface area is 116 Å². The van der Waals surface area contributed by atoms with E-state index in [1.165, 1.54) is 12.1 Å². The minimum absolute atomic E-state index is 0.00580. The largest absolute Gasteiger partial charge is 0.463 e. The first-order valence-corrected chi connectivity index (χ1v) is 5.94. The average molecular weight is 284 g/mol. The zero-order valence-corrected chi connectivity index (χ0v) is 11.8. The van der Waals surface area contributed by atoms with Gasteiger partial charge in [-0.2, -0.15) is 4.39 Å². The monoisotopic (exact) mass is 284 g/mol. The molecule has 0 bridgehead atoms. The van der Waals surface area contributed by atoms with Crippen LogP contribution < -0.4 is 4.74 Å². The standard InChI is InChI=1S/C14H17FO5/c1-13(2,3)20-12(17)14(15,11(16)18-4)19-10-8-6-5-7-9-10/h5-9H,1-4H3/t14-/m0/s1. The molecule has 1 rings (SSSR count). The van der Waals surface area contributed by atoms with Crippen LogP contribution in [0, 0.1) is 0 Å². The zero-order valence-electron chi connectivity index (χ0n) is 11.8. The summed E-state index contributed by atoms with van der Waals surface area (Å²) in [6.45, 7) is 4.64. The maximum Gasteiger partial charge on any atom is 0.444 e. The van der Waals surface area contributed by atoms with E-state index in [0.717, 1.165) is 7.11 Å². The zero-order chi connectivity index (χ0) is 15.4. The summed E-state index contributed by atoms with van der Waals surface area (Å²) in [6, 6.07) is 7.63. The van der Waals surface area contributed by atoms with Gasteiger partial charge in [0.25, 0.3) is 0 Å². The molecule has 1 atom stereocenters. The van der Waals surface area contributed by atoms with Gasteiger partial charge in [0, 0.05) is 0 Å². The summed E-state index contributed by atoms with van der Waals surface area (Å²) >= 11 is 0. The Hall–Kier alpha value is -2.11. The second-order valence-electron chi connectivity index (χ2n) is 5.00. The molecule has 0 radical (unpaired) electrons. The molecule has 0 heterocycles. The van der Waals surface area contributed by atoms with Crippen molar-refractivity contribution in [2.24, 2.45) is 0 Å². The maximum atomic E-state index is 14.6. The van der Waals surface area contributed by atoms with Crippen LogP contribution in [-0.4, -0.2) is 30.5 Å². The number of para-hydroxylation sites is 1. The van der Waals surface area contributed by atoms with E-state index >= 15 is 0 Å². The molecule has 0 saturated carbocycles. The lowest BCUT2D eigenvalue weighted by molar-refractivity contribution is -0.204. The van der Waals surface area contributed by atoms with Crippen molar-refractivity contribution in [2.75, 3.05) is 7.11 Å². The summed E-state index contributed by atoms with van der Waals surface area (Å²) in [5.41, 5.74) is -0.970. The number of hydrogen-bond acceptors (Lipinski definition) is 5. The van der Waals surface area contributed by atoms with Crippen LogP contribution in [0.2, 0.25) is 0 Å². The van der Waals surface area contributed by atoms with Crippen molar-refractivity contribution in [3.63, 3.8) is 0 Å². The molecule has 20 heavy (non-hydrogen) atoms. The first kappa shape index (κ1) is 15.9. The number of benzene rings is 1. The Balaban J connectivity index is 3.04. The molecule has 0 amide bonds. The van der Waals surface area contributed by atoms with Gasteiger partial charge in [-0.15, -0.1) is 0 Å². The Morgan fingerprint density at radius 2 is 1.60 bits per heavy atom. The molecule has 0 aliphatic heterocycles. The van der Waals surface area contributed by atoms with Crippen LogP contribution in [0.5, 0.6) is 5.75 Å². The molecule has 6 heteroatoms. The average Bonchev–Trinajstić information content (AvgIpc) is 2.36.